The number of hydrogen-bond donors (Lipinski definition) is 2. The molecule has 0 fully saturated rings. The maximum absolute atomic E-state index is 11.2. The highest BCUT2D eigenvalue weighted by atomic mass is 32.2. The van der Waals surface area contributed by atoms with E-state index in [1.807, 2.05) is 32.9 Å². The second kappa shape index (κ2) is 6.17. The fraction of sp³-hybridized carbons (Fsp3) is 0.538. The summed E-state index contributed by atoms with van der Waals surface area (Å²) >= 11 is 0. The van der Waals surface area contributed by atoms with Crippen molar-refractivity contribution in [3.8, 4) is 5.75 Å². The number of phenols is 1. The lowest BCUT2D eigenvalue weighted by molar-refractivity contribution is 0.452. The molecule has 0 aliphatic heterocycles. The van der Waals surface area contributed by atoms with Crippen molar-refractivity contribution < 1.29 is 9.32 Å². The first-order valence-electron chi connectivity index (χ1n) is 5.77. The van der Waals surface area contributed by atoms with Crippen LogP contribution < -0.4 is 5.32 Å². The van der Waals surface area contributed by atoms with Crippen molar-refractivity contribution >= 4 is 10.8 Å². The van der Waals surface area contributed by atoms with Crippen molar-refractivity contribution in [2.75, 3.05) is 12.8 Å². The third kappa shape index (κ3) is 4.13. The molecule has 0 radical (unpaired) electrons. The fourth-order valence-electron chi connectivity index (χ4n) is 1.59. The average Bonchev–Trinajstić information content (AvgIpc) is 2.25. The summed E-state index contributed by atoms with van der Waals surface area (Å²) in [5, 5.41) is 13.2. The van der Waals surface area contributed by atoms with E-state index in [0.717, 1.165) is 11.1 Å². The standard InChI is InChI=1S/C13H21NO2S/c1-9-5-6-12(13(15)7-9)11(3)14-8-10(2)17(4)16/h5-7,10-11,14-15H,8H2,1-4H3. The third-order valence-corrected chi connectivity index (χ3v) is 4.23. The van der Waals surface area contributed by atoms with Gasteiger partial charge < -0.3 is 10.4 Å². The second-order valence-electron chi connectivity index (χ2n) is 4.50. The van der Waals surface area contributed by atoms with Gasteiger partial charge in [0.15, 0.2) is 0 Å². The van der Waals surface area contributed by atoms with Gasteiger partial charge in [0.1, 0.15) is 5.75 Å². The Morgan fingerprint density at radius 1 is 1.41 bits per heavy atom. The molecule has 3 atom stereocenters. The lowest BCUT2D eigenvalue weighted by Gasteiger charge is -2.18. The molecule has 96 valence electrons. The maximum Gasteiger partial charge on any atom is 0.120 e. The van der Waals surface area contributed by atoms with Crippen LogP contribution in [0.15, 0.2) is 18.2 Å². The quantitative estimate of drug-likeness (QED) is 0.847. The normalized spacial score (nSPS) is 16.5. The van der Waals surface area contributed by atoms with Gasteiger partial charge in [-0.3, -0.25) is 4.21 Å². The predicted molar refractivity (Wildman–Crippen MR) is 72.8 cm³/mol. The molecule has 3 nitrogen and oxygen atoms in total. The second-order valence-corrected chi connectivity index (χ2v) is 6.30. The van der Waals surface area contributed by atoms with E-state index in [9.17, 15) is 9.32 Å². The van der Waals surface area contributed by atoms with E-state index in [-0.39, 0.29) is 11.3 Å². The Kier molecular flexibility index (Phi) is 5.15. The summed E-state index contributed by atoms with van der Waals surface area (Å²) in [6, 6.07) is 5.72. The number of benzene rings is 1. The Labute approximate surface area is 106 Å². The van der Waals surface area contributed by atoms with Crippen LogP contribution in [0.5, 0.6) is 5.75 Å². The van der Waals surface area contributed by atoms with Gasteiger partial charge in [0.2, 0.25) is 0 Å². The van der Waals surface area contributed by atoms with Gasteiger partial charge in [-0.1, -0.05) is 12.1 Å². The molecule has 3 unspecified atom stereocenters. The molecule has 0 spiro atoms. The molecule has 0 bridgehead atoms. The number of aromatic hydroxyl groups is 1. The van der Waals surface area contributed by atoms with Crippen LogP contribution >= 0.6 is 0 Å². The third-order valence-electron chi connectivity index (χ3n) is 2.93. The lowest BCUT2D eigenvalue weighted by atomic mass is 10.1. The van der Waals surface area contributed by atoms with E-state index in [0.29, 0.717) is 12.3 Å². The average molecular weight is 255 g/mol. The van der Waals surface area contributed by atoms with Crippen molar-refractivity contribution in [1.29, 1.82) is 0 Å². The van der Waals surface area contributed by atoms with Crippen molar-refractivity contribution in [2.45, 2.75) is 32.1 Å². The first-order chi connectivity index (χ1) is 7.91. The molecule has 0 heterocycles. The molecule has 4 heteroatoms. The van der Waals surface area contributed by atoms with Gasteiger partial charge in [-0.15, -0.1) is 0 Å². The zero-order chi connectivity index (χ0) is 13.0. The number of phenolic OH excluding ortho intramolecular Hbond substituents is 1. The highest BCUT2D eigenvalue weighted by molar-refractivity contribution is 7.84. The van der Waals surface area contributed by atoms with Crippen LogP contribution in [0.3, 0.4) is 0 Å². The highest BCUT2D eigenvalue weighted by Gasteiger charge is 2.12. The zero-order valence-corrected chi connectivity index (χ0v) is 11.7. The summed E-state index contributed by atoms with van der Waals surface area (Å²) in [6.45, 7) is 6.57. The topological polar surface area (TPSA) is 49.3 Å². The van der Waals surface area contributed by atoms with E-state index < -0.39 is 10.8 Å². The fourth-order valence-corrected chi connectivity index (χ4v) is 1.92. The molecule has 0 aliphatic carbocycles. The molecular weight excluding hydrogens is 234 g/mol. The van der Waals surface area contributed by atoms with Crippen molar-refractivity contribution in [1.82, 2.24) is 5.32 Å². The molecule has 1 rings (SSSR count). The van der Waals surface area contributed by atoms with E-state index in [1.165, 1.54) is 0 Å². The summed E-state index contributed by atoms with van der Waals surface area (Å²) in [7, 11) is -0.817. The molecular formula is C13H21NO2S. The van der Waals surface area contributed by atoms with Gasteiger partial charge in [0.25, 0.3) is 0 Å². The van der Waals surface area contributed by atoms with Crippen LogP contribution in [0.2, 0.25) is 0 Å². The molecule has 0 aromatic heterocycles. The summed E-state index contributed by atoms with van der Waals surface area (Å²) in [5.41, 5.74) is 1.92. The van der Waals surface area contributed by atoms with Crippen LogP contribution in [0, 0.1) is 6.92 Å². The Morgan fingerprint density at radius 2 is 2.06 bits per heavy atom. The minimum Gasteiger partial charge on any atom is -0.508 e. The van der Waals surface area contributed by atoms with Gasteiger partial charge >= 0.3 is 0 Å². The number of hydrogen-bond acceptors (Lipinski definition) is 3. The maximum atomic E-state index is 11.2. The van der Waals surface area contributed by atoms with Crippen molar-refractivity contribution in [3.63, 3.8) is 0 Å². The van der Waals surface area contributed by atoms with E-state index in [1.54, 1.807) is 12.3 Å². The summed E-state index contributed by atoms with van der Waals surface area (Å²) in [4.78, 5) is 0. The first kappa shape index (κ1) is 14.2. The monoisotopic (exact) mass is 255 g/mol. The molecule has 0 aliphatic rings. The van der Waals surface area contributed by atoms with Gasteiger partial charge in [-0.2, -0.15) is 0 Å². The molecule has 17 heavy (non-hydrogen) atoms. The van der Waals surface area contributed by atoms with Gasteiger partial charge in [0, 0.05) is 40.5 Å². The summed E-state index contributed by atoms with van der Waals surface area (Å²) in [6.07, 6.45) is 1.71. The Balaban J connectivity index is 2.64. The Hall–Kier alpha value is -0.870. The Morgan fingerprint density at radius 3 is 2.59 bits per heavy atom. The van der Waals surface area contributed by atoms with E-state index in [4.69, 9.17) is 0 Å². The summed E-state index contributed by atoms with van der Waals surface area (Å²) < 4.78 is 11.2. The molecule has 2 N–H and O–H groups in total. The van der Waals surface area contributed by atoms with Crippen LogP contribution in [-0.2, 0) is 10.8 Å². The van der Waals surface area contributed by atoms with Crippen molar-refractivity contribution in [3.05, 3.63) is 29.3 Å². The minimum atomic E-state index is -0.817. The van der Waals surface area contributed by atoms with Crippen LogP contribution in [-0.4, -0.2) is 27.4 Å². The number of aryl methyl sites for hydroxylation is 1. The number of nitrogens with one attached hydrogen (secondary N) is 1. The molecule has 0 saturated heterocycles. The molecule has 1 aromatic carbocycles. The van der Waals surface area contributed by atoms with E-state index >= 15 is 0 Å². The van der Waals surface area contributed by atoms with Crippen LogP contribution in [0.4, 0.5) is 0 Å². The smallest absolute Gasteiger partial charge is 0.120 e. The molecule has 1 aromatic rings. The number of rotatable bonds is 5. The van der Waals surface area contributed by atoms with Crippen LogP contribution in [0.1, 0.15) is 31.0 Å². The molecule has 0 amide bonds. The highest BCUT2D eigenvalue weighted by Crippen LogP contribution is 2.24. The predicted octanol–water partition coefficient (Wildman–Crippen LogP) is 2.12. The minimum absolute atomic E-state index is 0.0570. The first-order valence-corrected chi connectivity index (χ1v) is 7.39. The Bertz CT molecular complexity index is 406. The SMILES string of the molecule is Cc1ccc(C(C)NCC(C)S(C)=O)c(O)c1. The van der Waals surface area contributed by atoms with Gasteiger partial charge in [0.05, 0.1) is 0 Å². The van der Waals surface area contributed by atoms with Crippen LogP contribution in [0.25, 0.3) is 0 Å². The van der Waals surface area contributed by atoms with Crippen molar-refractivity contribution in [2.24, 2.45) is 0 Å². The zero-order valence-electron chi connectivity index (χ0n) is 10.9. The molecule has 0 saturated carbocycles. The summed E-state index contributed by atoms with van der Waals surface area (Å²) in [5.74, 6) is 0.315. The lowest BCUT2D eigenvalue weighted by Crippen LogP contribution is -2.29. The van der Waals surface area contributed by atoms with Gasteiger partial charge in [-0.05, 0) is 32.4 Å². The largest absolute Gasteiger partial charge is 0.508 e. The van der Waals surface area contributed by atoms with E-state index in [2.05, 4.69) is 5.32 Å². The van der Waals surface area contributed by atoms with Gasteiger partial charge in [-0.25, -0.2) is 0 Å².